The van der Waals surface area contributed by atoms with Gasteiger partial charge in [-0.25, -0.2) is 19.6 Å². The van der Waals surface area contributed by atoms with Crippen LogP contribution in [0.4, 0.5) is 10.6 Å². The number of para-hydroxylation sites is 2. The molecule has 40 heavy (non-hydrogen) atoms. The number of aromatic amines is 1. The number of nitrogens with zero attached hydrogens (tertiary/aromatic N) is 6. The lowest BCUT2D eigenvalue weighted by Crippen LogP contribution is -2.57. The lowest BCUT2D eigenvalue weighted by Gasteiger charge is -2.40. The third kappa shape index (κ3) is 6.22. The average Bonchev–Trinajstić information content (AvgIpc) is 3.26. The number of hydrogen-bond donors (Lipinski definition) is 2. The van der Waals surface area contributed by atoms with Crippen molar-refractivity contribution in [2.45, 2.75) is 56.9 Å². The first-order chi connectivity index (χ1) is 19.2. The van der Waals surface area contributed by atoms with E-state index in [1.165, 1.54) is 11.8 Å². The number of thioether (sulfide) groups is 1. The fourth-order valence-electron chi connectivity index (χ4n) is 5.44. The Morgan fingerprint density at radius 2 is 1.90 bits per heavy atom. The zero-order chi connectivity index (χ0) is 28.4. The van der Waals surface area contributed by atoms with Crippen molar-refractivity contribution < 1.29 is 9.59 Å². The lowest BCUT2D eigenvalue weighted by atomic mass is 10.0. The standard InChI is InChI=1S/C27H35ClN8O3S/c1-17(2)29-26(38)35-13-12-34(15-18(35)3)23-14-22(28)31-25(32-23)40-16-24(37)33-10-8-19(9-11-33)36-21-7-5-4-6-20(21)30-27(36)39/h4-7,14,17-19H,8-13,15-16H2,1-3H3,(H,29,38)(H,30,39). The number of carbonyl (C=O) groups is 2. The van der Waals surface area contributed by atoms with Crippen molar-refractivity contribution in [1.82, 2.24) is 34.6 Å². The van der Waals surface area contributed by atoms with Crippen molar-refractivity contribution in [3.05, 3.63) is 46.0 Å². The molecule has 0 radical (unpaired) electrons. The van der Waals surface area contributed by atoms with Crippen LogP contribution in [0.2, 0.25) is 5.15 Å². The molecule has 0 bridgehead atoms. The molecule has 0 saturated carbocycles. The summed E-state index contributed by atoms with van der Waals surface area (Å²) in [7, 11) is 0. The molecule has 0 spiro atoms. The number of nitrogens with one attached hydrogen (secondary N) is 2. The van der Waals surface area contributed by atoms with E-state index in [9.17, 15) is 14.4 Å². The number of aromatic nitrogens is 4. The molecule has 2 aliphatic heterocycles. The van der Waals surface area contributed by atoms with Crippen LogP contribution in [-0.4, -0.2) is 91.8 Å². The van der Waals surface area contributed by atoms with E-state index < -0.39 is 0 Å². The number of amides is 3. The molecule has 3 aromatic rings. The van der Waals surface area contributed by atoms with Crippen molar-refractivity contribution in [3.63, 3.8) is 0 Å². The summed E-state index contributed by atoms with van der Waals surface area (Å²) in [6.45, 7) is 8.90. The van der Waals surface area contributed by atoms with Gasteiger partial charge in [0.25, 0.3) is 0 Å². The lowest BCUT2D eigenvalue weighted by molar-refractivity contribution is -0.129. The molecule has 5 rings (SSSR count). The summed E-state index contributed by atoms with van der Waals surface area (Å²) in [6, 6.07) is 9.49. The Kier molecular flexibility index (Phi) is 8.55. The van der Waals surface area contributed by atoms with E-state index in [-0.39, 0.29) is 41.5 Å². The molecule has 13 heteroatoms. The second-order valence-corrected chi connectivity index (χ2v) is 12.0. The van der Waals surface area contributed by atoms with Crippen molar-refractivity contribution in [3.8, 4) is 0 Å². The van der Waals surface area contributed by atoms with Gasteiger partial charge in [-0.15, -0.1) is 0 Å². The predicted octanol–water partition coefficient (Wildman–Crippen LogP) is 3.36. The van der Waals surface area contributed by atoms with Gasteiger partial charge in [0.15, 0.2) is 5.16 Å². The summed E-state index contributed by atoms with van der Waals surface area (Å²) in [4.78, 5) is 55.8. The van der Waals surface area contributed by atoms with Crippen molar-refractivity contribution in [2.75, 3.05) is 43.4 Å². The number of imidazole rings is 1. The molecule has 4 heterocycles. The normalized spacial score (nSPS) is 18.5. The highest BCUT2D eigenvalue weighted by molar-refractivity contribution is 7.99. The van der Waals surface area contributed by atoms with Gasteiger partial charge in [0, 0.05) is 56.9 Å². The number of piperidine rings is 1. The summed E-state index contributed by atoms with van der Waals surface area (Å²) in [5.74, 6) is 0.908. The van der Waals surface area contributed by atoms with Crippen molar-refractivity contribution in [1.29, 1.82) is 0 Å². The maximum absolute atomic E-state index is 13.0. The van der Waals surface area contributed by atoms with Crippen LogP contribution < -0.4 is 15.9 Å². The fourth-order valence-corrected chi connectivity index (χ4v) is 6.42. The fraction of sp³-hybridized carbons (Fsp3) is 0.519. The minimum absolute atomic E-state index is 0.00182. The van der Waals surface area contributed by atoms with Gasteiger partial charge in [-0.05, 0) is 45.7 Å². The highest BCUT2D eigenvalue weighted by Gasteiger charge is 2.29. The molecule has 3 amide bonds. The minimum Gasteiger partial charge on any atom is -0.353 e. The van der Waals surface area contributed by atoms with Crippen molar-refractivity contribution in [2.24, 2.45) is 0 Å². The molecular weight excluding hydrogens is 552 g/mol. The minimum atomic E-state index is -0.106. The summed E-state index contributed by atoms with van der Waals surface area (Å²) >= 11 is 7.60. The van der Waals surface area contributed by atoms with Crippen LogP contribution in [0.1, 0.15) is 39.7 Å². The molecule has 1 aromatic carbocycles. The third-order valence-electron chi connectivity index (χ3n) is 7.42. The van der Waals surface area contributed by atoms with Crippen molar-refractivity contribution >= 4 is 52.2 Å². The van der Waals surface area contributed by atoms with Crippen LogP contribution >= 0.6 is 23.4 Å². The number of benzene rings is 1. The Morgan fingerprint density at radius 3 is 2.62 bits per heavy atom. The maximum Gasteiger partial charge on any atom is 0.326 e. The van der Waals surface area contributed by atoms with Crippen LogP contribution in [0, 0.1) is 0 Å². The molecule has 1 atom stereocenters. The Hall–Kier alpha value is -3.25. The van der Waals surface area contributed by atoms with Gasteiger partial charge in [0.05, 0.1) is 16.8 Å². The van der Waals surface area contributed by atoms with Crippen LogP contribution in [0.3, 0.4) is 0 Å². The van der Waals surface area contributed by atoms with Crippen LogP contribution in [0.25, 0.3) is 11.0 Å². The van der Waals surface area contributed by atoms with E-state index in [0.717, 1.165) is 23.9 Å². The zero-order valence-electron chi connectivity index (χ0n) is 23.0. The van der Waals surface area contributed by atoms with Gasteiger partial charge < -0.3 is 25.0 Å². The molecule has 2 aliphatic rings. The Labute approximate surface area is 242 Å². The van der Waals surface area contributed by atoms with Crippen LogP contribution in [0.5, 0.6) is 0 Å². The molecule has 2 saturated heterocycles. The number of likely N-dealkylation sites (tertiary alicyclic amines) is 1. The number of urea groups is 1. The Morgan fingerprint density at radius 1 is 1.15 bits per heavy atom. The number of hydrogen-bond acceptors (Lipinski definition) is 7. The van der Waals surface area contributed by atoms with Gasteiger partial charge in [0.2, 0.25) is 5.91 Å². The molecule has 11 nitrogen and oxygen atoms in total. The maximum atomic E-state index is 13.0. The second kappa shape index (κ2) is 12.1. The van der Waals surface area contributed by atoms with Gasteiger partial charge in [-0.3, -0.25) is 9.36 Å². The first kappa shape index (κ1) is 28.3. The number of anilines is 1. The highest BCUT2D eigenvalue weighted by atomic mass is 35.5. The molecule has 214 valence electrons. The third-order valence-corrected chi connectivity index (χ3v) is 8.44. The quantitative estimate of drug-likeness (QED) is 0.258. The summed E-state index contributed by atoms with van der Waals surface area (Å²) in [6.07, 6.45) is 1.44. The van der Waals surface area contributed by atoms with E-state index in [2.05, 4.69) is 25.2 Å². The number of fused-ring (bicyclic) bond motifs is 1. The molecular formula is C27H35ClN8O3S. The first-order valence-corrected chi connectivity index (χ1v) is 15.0. The number of H-pyrrole nitrogens is 1. The molecule has 2 N–H and O–H groups in total. The Balaban J connectivity index is 1.16. The van der Waals surface area contributed by atoms with E-state index in [0.29, 0.717) is 48.9 Å². The predicted molar refractivity (Wildman–Crippen MR) is 157 cm³/mol. The number of carbonyl (C=O) groups excluding carboxylic acids is 2. The second-order valence-electron chi connectivity index (χ2n) is 10.6. The molecule has 2 fully saturated rings. The number of piperazine rings is 1. The summed E-state index contributed by atoms with van der Waals surface area (Å²) in [5.41, 5.74) is 1.62. The van der Waals surface area contributed by atoms with E-state index in [1.54, 1.807) is 6.07 Å². The Bertz CT molecular complexity index is 1430. The zero-order valence-corrected chi connectivity index (χ0v) is 24.5. The highest BCUT2D eigenvalue weighted by Crippen LogP contribution is 2.27. The summed E-state index contributed by atoms with van der Waals surface area (Å²) < 4.78 is 1.82. The number of rotatable bonds is 6. The first-order valence-electron chi connectivity index (χ1n) is 13.7. The van der Waals surface area contributed by atoms with Gasteiger partial charge in [0.1, 0.15) is 11.0 Å². The van der Waals surface area contributed by atoms with Crippen LogP contribution in [-0.2, 0) is 4.79 Å². The SMILES string of the molecule is CC(C)NC(=O)N1CCN(c2cc(Cl)nc(SCC(=O)N3CCC(n4c(=O)[nH]c5ccccc54)CC3)n2)CC1C. The smallest absolute Gasteiger partial charge is 0.326 e. The monoisotopic (exact) mass is 586 g/mol. The van der Waals surface area contributed by atoms with Gasteiger partial charge >= 0.3 is 11.7 Å². The van der Waals surface area contributed by atoms with Gasteiger partial charge in [-0.2, -0.15) is 0 Å². The molecule has 2 aromatic heterocycles. The van der Waals surface area contributed by atoms with Gasteiger partial charge in [-0.1, -0.05) is 35.5 Å². The molecule has 0 aliphatic carbocycles. The molecule has 1 unspecified atom stereocenters. The summed E-state index contributed by atoms with van der Waals surface area (Å²) in [5, 5.41) is 3.72. The largest absolute Gasteiger partial charge is 0.353 e. The van der Waals surface area contributed by atoms with Crippen LogP contribution in [0.15, 0.2) is 40.3 Å². The van der Waals surface area contributed by atoms with E-state index in [4.69, 9.17) is 11.6 Å². The van der Waals surface area contributed by atoms with E-state index >= 15 is 0 Å². The van der Waals surface area contributed by atoms with E-state index in [1.807, 2.05) is 59.4 Å². The number of halogens is 1. The topological polar surface area (TPSA) is 119 Å². The average molecular weight is 587 g/mol.